The van der Waals surface area contributed by atoms with Crippen molar-refractivity contribution in [1.29, 1.82) is 0 Å². The van der Waals surface area contributed by atoms with E-state index < -0.39 is 5.97 Å². The van der Waals surface area contributed by atoms with Crippen LogP contribution in [-0.4, -0.2) is 32.2 Å². The van der Waals surface area contributed by atoms with Crippen molar-refractivity contribution in [3.05, 3.63) is 59.2 Å². The van der Waals surface area contributed by atoms with Crippen LogP contribution in [-0.2, 0) is 0 Å². The van der Waals surface area contributed by atoms with Gasteiger partial charge in [-0.15, -0.1) is 0 Å². The summed E-state index contributed by atoms with van der Waals surface area (Å²) in [6.07, 6.45) is 4.88. The molecule has 0 unspecified atom stereocenters. The Hall–Kier alpha value is -2.96. The SMILES string of the molecule is Cc1ccc(F)cc1[C@H]1CCCN1c1ccn2ncc(C(=O)O)c2n1. The summed E-state index contributed by atoms with van der Waals surface area (Å²) < 4.78 is 15.2. The van der Waals surface area contributed by atoms with Crippen LogP contribution in [0.25, 0.3) is 5.65 Å². The average Bonchev–Trinajstić information content (AvgIpc) is 3.22. The monoisotopic (exact) mass is 340 g/mol. The molecule has 0 saturated carbocycles. The highest BCUT2D eigenvalue weighted by atomic mass is 19.1. The molecule has 128 valence electrons. The van der Waals surface area contributed by atoms with Crippen molar-refractivity contribution in [2.75, 3.05) is 11.4 Å². The molecule has 0 amide bonds. The van der Waals surface area contributed by atoms with Gasteiger partial charge in [0.05, 0.1) is 12.2 Å². The minimum Gasteiger partial charge on any atom is -0.477 e. The van der Waals surface area contributed by atoms with Gasteiger partial charge in [-0.3, -0.25) is 0 Å². The highest BCUT2D eigenvalue weighted by Gasteiger charge is 2.29. The summed E-state index contributed by atoms with van der Waals surface area (Å²) in [6, 6.07) is 6.68. The fourth-order valence-electron chi connectivity index (χ4n) is 3.50. The molecule has 0 spiro atoms. The average molecular weight is 340 g/mol. The van der Waals surface area contributed by atoms with Crippen LogP contribution >= 0.6 is 0 Å². The third-order valence-corrected chi connectivity index (χ3v) is 4.73. The molecule has 1 saturated heterocycles. The molecule has 3 heterocycles. The topological polar surface area (TPSA) is 70.7 Å². The van der Waals surface area contributed by atoms with Crippen LogP contribution in [0, 0.1) is 12.7 Å². The first-order valence-electron chi connectivity index (χ1n) is 8.15. The highest BCUT2D eigenvalue weighted by molar-refractivity contribution is 5.94. The Morgan fingerprint density at radius 3 is 3.00 bits per heavy atom. The van der Waals surface area contributed by atoms with Gasteiger partial charge in [-0.25, -0.2) is 18.7 Å². The van der Waals surface area contributed by atoms with Gasteiger partial charge in [-0.05, 0) is 49.1 Å². The zero-order chi connectivity index (χ0) is 17.6. The van der Waals surface area contributed by atoms with Crippen LogP contribution in [0.1, 0.15) is 40.4 Å². The van der Waals surface area contributed by atoms with Gasteiger partial charge in [0, 0.05) is 12.7 Å². The Balaban J connectivity index is 1.77. The van der Waals surface area contributed by atoms with Crippen molar-refractivity contribution in [3.8, 4) is 0 Å². The molecule has 0 aliphatic carbocycles. The van der Waals surface area contributed by atoms with Gasteiger partial charge in [0.15, 0.2) is 5.65 Å². The lowest BCUT2D eigenvalue weighted by atomic mass is 9.99. The van der Waals surface area contributed by atoms with Crippen molar-refractivity contribution in [2.45, 2.75) is 25.8 Å². The van der Waals surface area contributed by atoms with Crippen LogP contribution in [0.15, 0.2) is 36.7 Å². The zero-order valence-corrected chi connectivity index (χ0v) is 13.7. The molecule has 0 bridgehead atoms. The Kier molecular flexibility index (Phi) is 3.63. The summed E-state index contributed by atoms with van der Waals surface area (Å²) in [6.45, 7) is 2.77. The molecule has 1 N–H and O–H groups in total. The number of hydrogen-bond donors (Lipinski definition) is 1. The van der Waals surface area contributed by atoms with E-state index >= 15 is 0 Å². The molecule has 1 aliphatic heterocycles. The summed E-state index contributed by atoms with van der Waals surface area (Å²) in [4.78, 5) is 18.0. The number of carboxylic acid groups (broad SMARTS) is 1. The predicted molar refractivity (Wildman–Crippen MR) is 90.4 cm³/mol. The second kappa shape index (κ2) is 5.84. The van der Waals surface area contributed by atoms with Crippen LogP contribution < -0.4 is 4.90 Å². The fraction of sp³-hybridized carbons (Fsp3) is 0.278. The maximum Gasteiger partial charge on any atom is 0.341 e. The summed E-state index contributed by atoms with van der Waals surface area (Å²) in [7, 11) is 0. The number of carbonyl (C=O) groups is 1. The van der Waals surface area contributed by atoms with E-state index in [0.717, 1.165) is 30.5 Å². The Labute approximate surface area is 143 Å². The first-order valence-corrected chi connectivity index (χ1v) is 8.15. The summed E-state index contributed by atoms with van der Waals surface area (Å²) in [5.41, 5.74) is 2.37. The van der Waals surface area contributed by atoms with Crippen molar-refractivity contribution in [1.82, 2.24) is 14.6 Å². The van der Waals surface area contributed by atoms with Crippen LogP contribution in [0.4, 0.5) is 10.2 Å². The van der Waals surface area contributed by atoms with Crippen molar-refractivity contribution in [2.24, 2.45) is 0 Å². The van der Waals surface area contributed by atoms with Gasteiger partial charge in [0.25, 0.3) is 0 Å². The van der Waals surface area contributed by atoms with E-state index in [9.17, 15) is 14.3 Å². The Morgan fingerprint density at radius 1 is 1.36 bits per heavy atom. The van der Waals surface area contributed by atoms with Gasteiger partial charge in [0.2, 0.25) is 0 Å². The minimum atomic E-state index is -1.06. The number of nitrogens with zero attached hydrogens (tertiary/aromatic N) is 4. The molecule has 4 rings (SSSR count). The molecule has 3 aromatic rings. The summed E-state index contributed by atoms with van der Waals surface area (Å²) in [5.74, 6) is -0.625. The second-order valence-electron chi connectivity index (χ2n) is 6.27. The van der Waals surface area contributed by atoms with Crippen molar-refractivity contribution >= 4 is 17.4 Å². The van der Waals surface area contributed by atoms with Crippen LogP contribution in [0.5, 0.6) is 0 Å². The number of aromatic nitrogens is 3. The van der Waals surface area contributed by atoms with Crippen LogP contribution in [0.3, 0.4) is 0 Å². The number of aromatic carboxylic acids is 1. The standard InChI is InChI=1S/C18H17FN4O2/c1-11-4-5-12(19)9-13(11)15-3-2-7-22(15)16-6-8-23-17(21-16)14(10-20-23)18(24)25/h4-6,8-10,15H,2-3,7H2,1H3,(H,24,25)/t15-/m1/s1. The molecule has 1 atom stereocenters. The molecule has 0 radical (unpaired) electrons. The Bertz CT molecular complexity index is 969. The van der Waals surface area contributed by atoms with E-state index in [0.29, 0.717) is 11.5 Å². The van der Waals surface area contributed by atoms with Gasteiger partial charge in [-0.2, -0.15) is 5.10 Å². The molecule has 1 aromatic carbocycles. The molecule has 7 heteroatoms. The normalized spacial score (nSPS) is 17.4. The highest BCUT2D eigenvalue weighted by Crippen LogP contribution is 2.37. The lowest BCUT2D eigenvalue weighted by Gasteiger charge is -2.27. The van der Waals surface area contributed by atoms with E-state index in [1.165, 1.54) is 16.8 Å². The molecular formula is C18H17FN4O2. The van der Waals surface area contributed by atoms with Gasteiger partial charge >= 0.3 is 5.97 Å². The second-order valence-corrected chi connectivity index (χ2v) is 6.27. The number of carboxylic acids is 1. The number of benzene rings is 1. The Morgan fingerprint density at radius 2 is 2.20 bits per heavy atom. The fourth-order valence-corrected chi connectivity index (χ4v) is 3.50. The van der Waals surface area contributed by atoms with E-state index in [-0.39, 0.29) is 17.4 Å². The quantitative estimate of drug-likeness (QED) is 0.793. The van der Waals surface area contributed by atoms with E-state index in [1.807, 2.05) is 13.0 Å². The number of hydrogen-bond acceptors (Lipinski definition) is 4. The number of aryl methyl sites for hydroxylation is 1. The van der Waals surface area contributed by atoms with Crippen LogP contribution in [0.2, 0.25) is 0 Å². The summed E-state index contributed by atoms with van der Waals surface area (Å²) >= 11 is 0. The van der Waals surface area contributed by atoms with E-state index in [4.69, 9.17) is 0 Å². The number of fused-ring (bicyclic) bond motifs is 1. The van der Waals surface area contributed by atoms with E-state index in [2.05, 4.69) is 15.0 Å². The largest absolute Gasteiger partial charge is 0.477 e. The van der Waals surface area contributed by atoms with Crippen molar-refractivity contribution in [3.63, 3.8) is 0 Å². The van der Waals surface area contributed by atoms with Gasteiger partial charge in [0.1, 0.15) is 17.2 Å². The predicted octanol–water partition coefficient (Wildman–Crippen LogP) is 3.22. The number of rotatable bonds is 3. The third kappa shape index (κ3) is 2.61. The smallest absolute Gasteiger partial charge is 0.341 e. The first kappa shape index (κ1) is 15.6. The minimum absolute atomic E-state index is 0.0295. The van der Waals surface area contributed by atoms with Gasteiger partial charge in [-0.1, -0.05) is 6.07 Å². The molecule has 1 aliphatic rings. The maximum absolute atomic E-state index is 13.7. The number of anilines is 1. The zero-order valence-electron chi connectivity index (χ0n) is 13.7. The molecule has 25 heavy (non-hydrogen) atoms. The van der Waals surface area contributed by atoms with Gasteiger partial charge < -0.3 is 10.0 Å². The molecular weight excluding hydrogens is 323 g/mol. The lowest BCUT2D eigenvalue weighted by Crippen LogP contribution is -2.24. The number of halogens is 1. The summed E-state index contributed by atoms with van der Waals surface area (Å²) in [5, 5.41) is 13.3. The molecule has 2 aromatic heterocycles. The van der Waals surface area contributed by atoms with E-state index in [1.54, 1.807) is 18.3 Å². The molecule has 1 fully saturated rings. The third-order valence-electron chi connectivity index (χ3n) is 4.73. The lowest BCUT2D eigenvalue weighted by molar-refractivity contribution is 0.0698. The van der Waals surface area contributed by atoms with Crippen molar-refractivity contribution < 1.29 is 14.3 Å². The molecule has 6 nitrogen and oxygen atoms in total. The first-order chi connectivity index (χ1) is 12.0. The maximum atomic E-state index is 13.7.